The molecule has 5 nitrogen and oxygen atoms in total. The van der Waals surface area contributed by atoms with Crippen molar-refractivity contribution in [1.29, 1.82) is 0 Å². The third-order valence-corrected chi connectivity index (χ3v) is 4.63. The number of hydrogen-bond acceptors (Lipinski definition) is 5. The highest BCUT2D eigenvalue weighted by Crippen LogP contribution is 2.41. The number of rotatable bonds is 3. The Bertz CT molecular complexity index is 490. The van der Waals surface area contributed by atoms with E-state index >= 15 is 0 Å². The van der Waals surface area contributed by atoms with Crippen molar-refractivity contribution in [3.05, 3.63) is 22.2 Å². The first-order valence-electron chi connectivity index (χ1n) is 6.90. The summed E-state index contributed by atoms with van der Waals surface area (Å²) in [5.74, 6) is 1.60. The predicted octanol–water partition coefficient (Wildman–Crippen LogP) is 1.43. The highest BCUT2D eigenvalue weighted by molar-refractivity contribution is 9.10. The summed E-state index contributed by atoms with van der Waals surface area (Å²) in [5.41, 5.74) is 7.21. The van der Waals surface area contributed by atoms with E-state index < -0.39 is 0 Å². The third-order valence-electron chi connectivity index (χ3n) is 4.04. The van der Waals surface area contributed by atoms with Crippen molar-refractivity contribution in [2.45, 2.75) is 6.04 Å². The van der Waals surface area contributed by atoms with Crippen LogP contribution in [0.15, 0.2) is 16.6 Å². The summed E-state index contributed by atoms with van der Waals surface area (Å²) in [5, 5.41) is 0. The summed E-state index contributed by atoms with van der Waals surface area (Å²) < 4.78 is 11.9. The number of hydrogen-bond donors (Lipinski definition) is 1. The maximum atomic E-state index is 6.02. The first kappa shape index (κ1) is 14.1. The van der Waals surface area contributed by atoms with E-state index in [9.17, 15) is 0 Å². The van der Waals surface area contributed by atoms with Gasteiger partial charge in [0.15, 0.2) is 11.5 Å². The molecule has 3 rings (SSSR count). The molecule has 1 aromatic rings. The average molecular weight is 342 g/mol. The van der Waals surface area contributed by atoms with Crippen LogP contribution in [0.1, 0.15) is 11.6 Å². The largest absolute Gasteiger partial charge is 0.454 e. The lowest BCUT2D eigenvalue weighted by atomic mass is 10.0. The molecule has 0 aliphatic carbocycles. The number of benzene rings is 1. The lowest BCUT2D eigenvalue weighted by Crippen LogP contribution is -2.47. The van der Waals surface area contributed by atoms with Crippen LogP contribution >= 0.6 is 15.9 Å². The van der Waals surface area contributed by atoms with Gasteiger partial charge in [-0.1, -0.05) is 0 Å². The van der Waals surface area contributed by atoms with E-state index in [0.29, 0.717) is 13.3 Å². The summed E-state index contributed by atoms with van der Waals surface area (Å²) in [6.07, 6.45) is 0. The first-order valence-corrected chi connectivity index (χ1v) is 7.70. The lowest BCUT2D eigenvalue weighted by Gasteiger charge is -2.37. The fourth-order valence-corrected chi connectivity index (χ4v) is 3.38. The normalized spacial score (nSPS) is 21.1. The van der Waals surface area contributed by atoms with Crippen molar-refractivity contribution >= 4 is 15.9 Å². The zero-order valence-corrected chi connectivity index (χ0v) is 13.2. The Balaban J connectivity index is 1.84. The summed E-state index contributed by atoms with van der Waals surface area (Å²) in [7, 11) is 2.16. The second-order valence-corrected chi connectivity index (χ2v) is 6.18. The van der Waals surface area contributed by atoms with Crippen molar-refractivity contribution in [2.24, 2.45) is 5.73 Å². The van der Waals surface area contributed by atoms with Gasteiger partial charge in [0, 0.05) is 38.8 Å². The molecule has 0 amide bonds. The van der Waals surface area contributed by atoms with Gasteiger partial charge in [-0.15, -0.1) is 0 Å². The van der Waals surface area contributed by atoms with Gasteiger partial charge in [-0.25, -0.2) is 0 Å². The number of piperazine rings is 1. The molecule has 1 saturated heterocycles. The van der Waals surface area contributed by atoms with Gasteiger partial charge in [-0.3, -0.25) is 4.90 Å². The smallest absolute Gasteiger partial charge is 0.231 e. The molecule has 20 heavy (non-hydrogen) atoms. The molecule has 0 aromatic heterocycles. The number of nitrogens with zero attached hydrogens (tertiary/aromatic N) is 2. The third kappa shape index (κ3) is 2.65. The van der Waals surface area contributed by atoms with Crippen LogP contribution in [0.2, 0.25) is 0 Å². The van der Waals surface area contributed by atoms with E-state index in [1.54, 1.807) is 0 Å². The lowest BCUT2D eigenvalue weighted by molar-refractivity contribution is 0.114. The maximum Gasteiger partial charge on any atom is 0.231 e. The molecule has 0 bridgehead atoms. The second-order valence-electron chi connectivity index (χ2n) is 5.33. The van der Waals surface area contributed by atoms with Crippen LogP contribution in [0.25, 0.3) is 0 Å². The molecule has 110 valence electrons. The van der Waals surface area contributed by atoms with Crippen LogP contribution in [0.5, 0.6) is 11.5 Å². The van der Waals surface area contributed by atoms with Gasteiger partial charge in [0.2, 0.25) is 6.79 Å². The summed E-state index contributed by atoms with van der Waals surface area (Å²) >= 11 is 3.56. The van der Waals surface area contributed by atoms with Crippen LogP contribution in [0, 0.1) is 0 Å². The van der Waals surface area contributed by atoms with Crippen LogP contribution in [-0.4, -0.2) is 56.4 Å². The van der Waals surface area contributed by atoms with Gasteiger partial charge in [0.05, 0.1) is 4.47 Å². The Morgan fingerprint density at radius 1 is 1.25 bits per heavy atom. The van der Waals surface area contributed by atoms with E-state index in [1.165, 1.54) is 5.56 Å². The topological polar surface area (TPSA) is 51.0 Å². The number of fused-ring (bicyclic) bond motifs is 1. The molecule has 2 heterocycles. The molecule has 0 radical (unpaired) electrons. The van der Waals surface area contributed by atoms with Crippen molar-refractivity contribution in [3.63, 3.8) is 0 Å². The first-order chi connectivity index (χ1) is 9.69. The van der Waals surface area contributed by atoms with Crippen molar-refractivity contribution in [2.75, 3.05) is 46.6 Å². The molecule has 2 N–H and O–H groups in total. The molecule has 1 aromatic carbocycles. The Kier molecular flexibility index (Phi) is 4.16. The molecule has 2 aliphatic rings. The minimum Gasteiger partial charge on any atom is -0.454 e. The summed E-state index contributed by atoms with van der Waals surface area (Å²) in [6.45, 7) is 5.16. The van der Waals surface area contributed by atoms with E-state index in [-0.39, 0.29) is 6.04 Å². The monoisotopic (exact) mass is 341 g/mol. The molecule has 1 fully saturated rings. The number of likely N-dealkylation sites (N-methyl/N-ethyl adjacent to an activating group) is 1. The van der Waals surface area contributed by atoms with Crippen molar-refractivity contribution in [3.8, 4) is 11.5 Å². The molecule has 0 saturated carbocycles. The second kappa shape index (κ2) is 5.89. The molecular formula is C14H20BrN3O2. The van der Waals surface area contributed by atoms with Gasteiger partial charge >= 0.3 is 0 Å². The van der Waals surface area contributed by atoms with Crippen molar-refractivity contribution in [1.82, 2.24) is 9.80 Å². The van der Waals surface area contributed by atoms with Gasteiger partial charge in [0.1, 0.15) is 0 Å². The van der Waals surface area contributed by atoms with Crippen LogP contribution in [0.3, 0.4) is 0 Å². The van der Waals surface area contributed by atoms with Gasteiger partial charge in [0.25, 0.3) is 0 Å². The molecular weight excluding hydrogens is 322 g/mol. The maximum absolute atomic E-state index is 6.02. The van der Waals surface area contributed by atoms with Crippen LogP contribution in [-0.2, 0) is 0 Å². The minimum absolute atomic E-state index is 0.231. The van der Waals surface area contributed by atoms with Crippen molar-refractivity contribution < 1.29 is 9.47 Å². The summed E-state index contributed by atoms with van der Waals surface area (Å²) in [4.78, 5) is 4.80. The molecule has 1 atom stereocenters. The molecule has 1 unspecified atom stereocenters. The zero-order valence-electron chi connectivity index (χ0n) is 11.6. The Morgan fingerprint density at radius 2 is 2.00 bits per heavy atom. The van der Waals surface area contributed by atoms with Crippen LogP contribution in [0.4, 0.5) is 0 Å². The zero-order chi connectivity index (χ0) is 14.1. The predicted molar refractivity (Wildman–Crippen MR) is 81.1 cm³/mol. The minimum atomic E-state index is 0.231. The number of halogens is 1. The van der Waals surface area contributed by atoms with Crippen LogP contribution < -0.4 is 15.2 Å². The number of nitrogens with two attached hydrogens (primary N) is 1. The Morgan fingerprint density at radius 3 is 2.70 bits per heavy atom. The number of ether oxygens (including phenoxy) is 2. The van der Waals surface area contributed by atoms with E-state index in [2.05, 4.69) is 44.9 Å². The standard InChI is InChI=1S/C14H20BrN3O2/c1-17-2-4-18(5-3-17)12(8-16)10-6-11(15)14-13(7-10)19-9-20-14/h6-7,12H,2-5,8-9,16H2,1H3. The highest BCUT2D eigenvalue weighted by Gasteiger charge is 2.26. The van der Waals surface area contributed by atoms with E-state index in [0.717, 1.165) is 42.2 Å². The molecule has 0 spiro atoms. The molecule has 2 aliphatic heterocycles. The average Bonchev–Trinajstić information content (AvgIpc) is 2.91. The summed E-state index contributed by atoms with van der Waals surface area (Å²) in [6, 6.07) is 4.39. The van der Waals surface area contributed by atoms with Gasteiger partial charge in [-0.2, -0.15) is 0 Å². The van der Waals surface area contributed by atoms with Gasteiger partial charge < -0.3 is 20.1 Å². The Labute approximate surface area is 127 Å². The fourth-order valence-electron chi connectivity index (χ4n) is 2.81. The SMILES string of the molecule is CN1CCN(C(CN)c2cc(Br)c3c(c2)OCO3)CC1. The molecule has 6 heteroatoms. The van der Waals surface area contributed by atoms with E-state index in [1.807, 2.05) is 0 Å². The van der Waals surface area contributed by atoms with Gasteiger partial charge in [-0.05, 0) is 40.7 Å². The fraction of sp³-hybridized carbons (Fsp3) is 0.571. The highest BCUT2D eigenvalue weighted by atomic mass is 79.9. The Hall–Kier alpha value is -0.820. The van der Waals surface area contributed by atoms with E-state index in [4.69, 9.17) is 15.2 Å². The quantitative estimate of drug-likeness (QED) is 0.901.